The van der Waals surface area contributed by atoms with Crippen LogP contribution < -0.4 is 5.32 Å². The van der Waals surface area contributed by atoms with Crippen molar-refractivity contribution < 1.29 is 8.78 Å². The molecule has 2 aromatic carbocycles. The molecule has 1 aliphatic rings. The number of halogens is 2. The molecular formula is C17H17F2NS. The Balaban J connectivity index is 1.90. The maximum atomic E-state index is 13.6. The Bertz CT molecular complexity index is 624. The molecule has 0 aromatic heterocycles. The van der Waals surface area contributed by atoms with E-state index in [4.69, 9.17) is 0 Å². The van der Waals surface area contributed by atoms with Gasteiger partial charge in [0.25, 0.3) is 0 Å². The van der Waals surface area contributed by atoms with Crippen LogP contribution in [-0.4, -0.2) is 13.1 Å². The van der Waals surface area contributed by atoms with E-state index in [1.54, 1.807) is 12.1 Å². The summed E-state index contributed by atoms with van der Waals surface area (Å²) in [5, 5.41) is 3.33. The molecule has 3 rings (SSSR count). The lowest BCUT2D eigenvalue weighted by Crippen LogP contribution is -2.26. The van der Waals surface area contributed by atoms with Crippen LogP contribution in [0.4, 0.5) is 8.78 Å². The highest BCUT2D eigenvalue weighted by Crippen LogP contribution is 2.37. The molecule has 0 bridgehead atoms. The molecule has 0 aliphatic carbocycles. The van der Waals surface area contributed by atoms with Gasteiger partial charge in [0.1, 0.15) is 11.6 Å². The Hall–Kier alpha value is -1.39. The molecular weight excluding hydrogens is 288 g/mol. The van der Waals surface area contributed by atoms with Gasteiger partial charge < -0.3 is 5.32 Å². The van der Waals surface area contributed by atoms with Gasteiger partial charge in [0.2, 0.25) is 0 Å². The standard InChI is InChI=1S/C17H17F2NS/c18-13-2-1-3-15(10-13)21-17-5-4-14(19)11-16(17)12-6-8-20-9-7-12/h1-5,10-12,20H,6-9H2. The van der Waals surface area contributed by atoms with E-state index in [2.05, 4.69) is 5.32 Å². The van der Waals surface area contributed by atoms with E-state index in [9.17, 15) is 8.78 Å². The lowest BCUT2D eigenvalue weighted by atomic mass is 9.90. The van der Waals surface area contributed by atoms with Crippen molar-refractivity contribution in [2.45, 2.75) is 28.6 Å². The van der Waals surface area contributed by atoms with E-state index >= 15 is 0 Å². The number of nitrogens with one attached hydrogen (secondary N) is 1. The van der Waals surface area contributed by atoms with Crippen molar-refractivity contribution in [3.8, 4) is 0 Å². The number of benzene rings is 2. The summed E-state index contributed by atoms with van der Waals surface area (Å²) >= 11 is 1.50. The Morgan fingerprint density at radius 1 is 0.952 bits per heavy atom. The highest BCUT2D eigenvalue weighted by molar-refractivity contribution is 7.99. The normalized spacial score (nSPS) is 16.1. The van der Waals surface area contributed by atoms with Gasteiger partial charge in [0.15, 0.2) is 0 Å². The molecule has 0 spiro atoms. The molecule has 21 heavy (non-hydrogen) atoms. The van der Waals surface area contributed by atoms with Crippen LogP contribution in [0.15, 0.2) is 52.3 Å². The number of hydrogen-bond acceptors (Lipinski definition) is 2. The maximum Gasteiger partial charge on any atom is 0.124 e. The van der Waals surface area contributed by atoms with E-state index in [1.807, 2.05) is 12.1 Å². The van der Waals surface area contributed by atoms with Crippen LogP contribution in [0.5, 0.6) is 0 Å². The van der Waals surface area contributed by atoms with Crippen LogP contribution in [0.25, 0.3) is 0 Å². The van der Waals surface area contributed by atoms with E-state index in [0.29, 0.717) is 5.92 Å². The molecule has 0 atom stereocenters. The van der Waals surface area contributed by atoms with Crippen LogP contribution in [0.2, 0.25) is 0 Å². The maximum absolute atomic E-state index is 13.6. The number of rotatable bonds is 3. The number of hydrogen-bond donors (Lipinski definition) is 1. The zero-order valence-electron chi connectivity index (χ0n) is 11.6. The van der Waals surface area contributed by atoms with Gasteiger partial charge in [-0.05, 0) is 73.8 Å². The molecule has 2 aromatic rings. The largest absolute Gasteiger partial charge is 0.317 e. The predicted molar refractivity (Wildman–Crippen MR) is 81.8 cm³/mol. The Labute approximate surface area is 127 Å². The second kappa shape index (κ2) is 6.58. The van der Waals surface area contributed by atoms with Gasteiger partial charge >= 0.3 is 0 Å². The summed E-state index contributed by atoms with van der Waals surface area (Å²) in [7, 11) is 0. The molecule has 4 heteroatoms. The van der Waals surface area contributed by atoms with Crippen LogP contribution in [-0.2, 0) is 0 Å². The molecule has 110 valence electrons. The zero-order chi connectivity index (χ0) is 14.7. The topological polar surface area (TPSA) is 12.0 Å². The summed E-state index contributed by atoms with van der Waals surface area (Å²) in [5.41, 5.74) is 1.05. The highest BCUT2D eigenvalue weighted by atomic mass is 32.2. The first kappa shape index (κ1) is 14.5. The van der Waals surface area contributed by atoms with Gasteiger partial charge in [0.05, 0.1) is 0 Å². The predicted octanol–water partition coefficient (Wildman–Crippen LogP) is 4.58. The Morgan fingerprint density at radius 3 is 2.48 bits per heavy atom. The first-order valence-electron chi connectivity index (χ1n) is 7.16. The average Bonchev–Trinajstić information content (AvgIpc) is 2.50. The summed E-state index contributed by atoms with van der Waals surface area (Å²) in [6, 6.07) is 11.4. The Morgan fingerprint density at radius 2 is 1.71 bits per heavy atom. The molecule has 1 saturated heterocycles. The minimum atomic E-state index is -0.245. The third kappa shape index (κ3) is 3.63. The fourth-order valence-corrected chi connectivity index (χ4v) is 3.77. The average molecular weight is 305 g/mol. The first-order chi connectivity index (χ1) is 10.2. The van der Waals surface area contributed by atoms with Crippen molar-refractivity contribution in [2.75, 3.05) is 13.1 Å². The highest BCUT2D eigenvalue weighted by Gasteiger charge is 2.19. The first-order valence-corrected chi connectivity index (χ1v) is 7.97. The van der Waals surface area contributed by atoms with Crippen molar-refractivity contribution >= 4 is 11.8 Å². The summed E-state index contributed by atoms with van der Waals surface area (Å²) in [4.78, 5) is 1.87. The minimum absolute atomic E-state index is 0.202. The van der Waals surface area contributed by atoms with Gasteiger partial charge in [0, 0.05) is 9.79 Å². The van der Waals surface area contributed by atoms with Crippen molar-refractivity contribution in [2.24, 2.45) is 0 Å². The third-order valence-corrected chi connectivity index (χ3v) is 4.86. The van der Waals surface area contributed by atoms with Crippen molar-refractivity contribution in [1.82, 2.24) is 5.32 Å². The van der Waals surface area contributed by atoms with E-state index in [-0.39, 0.29) is 11.6 Å². The molecule has 0 saturated carbocycles. The molecule has 1 nitrogen and oxygen atoms in total. The van der Waals surface area contributed by atoms with Gasteiger partial charge in [-0.15, -0.1) is 0 Å². The van der Waals surface area contributed by atoms with Crippen LogP contribution in [0.1, 0.15) is 24.3 Å². The molecule has 0 unspecified atom stereocenters. The fraction of sp³-hybridized carbons (Fsp3) is 0.294. The molecule has 1 N–H and O–H groups in total. The molecule has 0 amide bonds. The zero-order valence-corrected chi connectivity index (χ0v) is 12.4. The van der Waals surface area contributed by atoms with Crippen LogP contribution in [0.3, 0.4) is 0 Å². The van der Waals surface area contributed by atoms with E-state index in [1.165, 1.54) is 30.0 Å². The lowest BCUT2D eigenvalue weighted by Gasteiger charge is -2.25. The van der Waals surface area contributed by atoms with E-state index < -0.39 is 0 Å². The second-order valence-electron chi connectivity index (χ2n) is 5.27. The summed E-state index contributed by atoms with van der Waals surface area (Å²) in [6.45, 7) is 1.93. The van der Waals surface area contributed by atoms with Gasteiger partial charge in [-0.25, -0.2) is 8.78 Å². The van der Waals surface area contributed by atoms with Gasteiger partial charge in [-0.1, -0.05) is 17.8 Å². The smallest absolute Gasteiger partial charge is 0.124 e. The summed E-state index contributed by atoms with van der Waals surface area (Å²) in [5.74, 6) is -0.0735. The molecule has 0 radical (unpaired) electrons. The van der Waals surface area contributed by atoms with Crippen molar-refractivity contribution in [3.63, 3.8) is 0 Å². The molecule has 1 fully saturated rings. The van der Waals surface area contributed by atoms with E-state index in [0.717, 1.165) is 41.3 Å². The third-order valence-electron chi connectivity index (χ3n) is 3.77. The van der Waals surface area contributed by atoms with Crippen LogP contribution >= 0.6 is 11.8 Å². The quantitative estimate of drug-likeness (QED) is 0.890. The van der Waals surface area contributed by atoms with Crippen LogP contribution in [0, 0.1) is 11.6 Å². The van der Waals surface area contributed by atoms with Gasteiger partial charge in [-0.2, -0.15) is 0 Å². The molecule has 1 aliphatic heterocycles. The monoisotopic (exact) mass is 305 g/mol. The summed E-state index contributed by atoms with van der Waals surface area (Å²) in [6.07, 6.45) is 2.03. The minimum Gasteiger partial charge on any atom is -0.317 e. The SMILES string of the molecule is Fc1cccc(Sc2ccc(F)cc2C2CCNCC2)c1. The Kier molecular flexibility index (Phi) is 4.56. The molecule has 1 heterocycles. The fourth-order valence-electron chi connectivity index (χ4n) is 2.72. The summed E-state index contributed by atoms with van der Waals surface area (Å²) < 4.78 is 26.9. The lowest BCUT2D eigenvalue weighted by molar-refractivity contribution is 0.454. The van der Waals surface area contributed by atoms with Crippen molar-refractivity contribution in [1.29, 1.82) is 0 Å². The second-order valence-corrected chi connectivity index (χ2v) is 6.38. The van der Waals surface area contributed by atoms with Gasteiger partial charge in [-0.3, -0.25) is 0 Å². The number of piperidine rings is 1. The van der Waals surface area contributed by atoms with Crippen molar-refractivity contribution in [3.05, 3.63) is 59.7 Å².